The van der Waals surface area contributed by atoms with E-state index in [-0.39, 0.29) is 0 Å². The first-order valence-electron chi connectivity index (χ1n) is 5.16. The first-order chi connectivity index (χ1) is 6.86. The van der Waals surface area contributed by atoms with Crippen LogP contribution in [0.1, 0.15) is 19.4 Å². The Labute approximate surface area is 90.9 Å². The zero-order valence-corrected chi connectivity index (χ0v) is 9.77. The van der Waals surface area contributed by atoms with Gasteiger partial charge in [0.2, 0.25) is 0 Å². The van der Waals surface area contributed by atoms with Crippen LogP contribution >= 0.6 is 11.8 Å². The van der Waals surface area contributed by atoms with Gasteiger partial charge >= 0.3 is 0 Å². The molecular formula is C12H18OS. The molecule has 1 rings (SSSR count). The van der Waals surface area contributed by atoms with Crippen molar-refractivity contribution in [3.8, 4) is 5.75 Å². The average Bonchev–Trinajstić information content (AvgIpc) is 2.25. The van der Waals surface area contributed by atoms with E-state index in [2.05, 4.69) is 38.1 Å². The molecule has 0 N–H and O–H groups in total. The van der Waals surface area contributed by atoms with Crippen LogP contribution in [0.5, 0.6) is 5.75 Å². The molecule has 0 fully saturated rings. The Morgan fingerprint density at radius 1 is 1.14 bits per heavy atom. The highest BCUT2D eigenvalue weighted by Gasteiger charge is 1.93. The highest BCUT2D eigenvalue weighted by atomic mass is 32.2. The van der Waals surface area contributed by atoms with Gasteiger partial charge in [0.15, 0.2) is 0 Å². The maximum absolute atomic E-state index is 5.59. The van der Waals surface area contributed by atoms with Crippen LogP contribution in [0.2, 0.25) is 0 Å². The van der Waals surface area contributed by atoms with E-state index in [0.717, 1.165) is 30.3 Å². The third kappa shape index (κ3) is 4.05. The second-order valence-corrected chi connectivity index (χ2v) is 4.44. The van der Waals surface area contributed by atoms with Crippen molar-refractivity contribution in [2.24, 2.45) is 0 Å². The molecule has 0 bridgehead atoms. The summed E-state index contributed by atoms with van der Waals surface area (Å²) in [6.45, 7) is 5.14. The minimum atomic E-state index is 0.810. The molecule has 0 aromatic heterocycles. The predicted molar refractivity (Wildman–Crippen MR) is 64.3 cm³/mol. The van der Waals surface area contributed by atoms with Crippen LogP contribution in [0, 0.1) is 0 Å². The molecule has 1 aromatic rings. The number of benzene rings is 1. The minimum absolute atomic E-state index is 0.810. The van der Waals surface area contributed by atoms with Gasteiger partial charge < -0.3 is 4.74 Å². The van der Waals surface area contributed by atoms with Gasteiger partial charge in [0.25, 0.3) is 0 Å². The summed E-state index contributed by atoms with van der Waals surface area (Å²) in [7, 11) is 0. The number of thioether (sulfide) groups is 1. The summed E-state index contributed by atoms with van der Waals surface area (Å²) in [6.07, 6.45) is 1.09. The molecule has 0 aliphatic heterocycles. The molecule has 0 saturated carbocycles. The molecule has 78 valence electrons. The molecule has 0 radical (unpaired) electrons. The highest BCUT2D eigenvalue weighted by molar-refractivity contribution is 7.99. The van der Waals surface area contributed by atoms with E-state index in [0.29, 0.717) is 0 Å². The lowest BCUT2D eigenvalue weighted by molar-refractivity contribution is 0.344. The summed E-state index contributed by atoms with van der Waals surface area (Å²) >= 11 is 1.91. The Morgan fingerprint density at radius 3 is 2.43 bits per heavy atom. The van der Waals surface area contributed by atoms with Crippen molar-refractivity contribution >= 4 is 11.8 Å². The van der Waals surface area contributed by atoms with E-state index in [1.165, 1.54) is 5.56 Å². The van der Waals surface area contributed by atoms with Crippen LogP contribution in [0.4, 0.5) is 0 Å². The fraction of sp³-hybridized carbons (Fsp3) is 0.500. The van der Waals surface area contributed by atoms with Crippen LogP contribution in [0.25, 0.3) is 0 Å². The second kappa shape index (κ2) is 6.77. The Kier molecular flexibility index (Phi) is 5.53. The zero-order chi connectivity index (χ0) is 10.2. The van der Waals surface area contributed by atoms with Gasteiger partial charge in [-0.05, 0) is 29.9 Å². The molecule has 0 atom stereocenters. The van der Waals surface area contributed by atoms with Crippen molar-refractivity contribution in [2.45, 2.75) is 20.3 Å². The quantitative estimate of drug-likeness (QED) is 0.666. The molecule has 0 saturated heterocycles. The lowest BCUT2D eigenvalue weighted by Crippen LogP contribution is -2.00. The van der Waals surface area contributed by atoms with Crippen LogP contribution in [0.3, 0.4) is 0 Å². The number of hydrogen-bond acceptors (Lipinski definition) is 2. The molecule has 1 aromatic carbocycles. The maximum Gasteiger partial charge on any atom is 0.119 e. The van der Waals surface area contributed by atoms with Crippen molar-refractivity contribution in [3.05, 3.63) is 29.8 Å². The van der Waals surface area contributed by atoms with Gasteiger partial charge in [-0.3, -0.25) is 0 Å². The van der Waals surface area contributed by atoms with Crippen LogP contribution in [-0.4, -0.2) is 18.1 Å². The molecular weight excluding hydrogens is 192 g/mol. The predicted octanol–water partition coefficient (Wildman–Crippen LogP) is 3.38. The topological polar surface area (TPSA) is 9.23 Å². The van der Waals surface area contributed by atoms with Gasteiger partial charge in [-0.25, -0.2) is 0 Å². The molecule has 14 heavy (non-hydrogen) atoms. The van der Waals surface area contributed by atoms with Crippen molar-refractivity contribution in [2.75, 3.05) is 18.1 Å². The molecule has 0 aliphatic carbocycles. The maximum atomic E-state index is 5.59. The van der Waals surface area contributed by atoms with Crippen LogP contribution in [-0.2, 0) is 6.42 Å². The number of hydrogen-bond donors (Lipinski definition) is 0. The van der Waals surface area contributed by atoms with E-state index < -0.39 is 0 Å². The fourth-order valence-corrected chi connectivity index (χ4v) is 1.67. The van der Waals surface area contributed by atoms with Crippen molar-refractivity contribution in [3.63, 3.8) is 0 Å². The van der Waals surface area contributed by atoms with E-state index >= 15 is 0 Å². The standard InChI is InChI=1S/C12H18OS/c1-3-11-5-7-12(8-6-11)13-9-10-14-4-2/h5-8H,3-4,9-10H2,1-2H3. The summed E-state index contributed by atoms with van der Waals surface area (Å²) in [5, 5.41) is 0. The van der Waals surface area contributed by atoms with Gasteiger partial charge in [-0.15, -0.1) is 0 Å². The molecule has 0 heterocycles. The van der Waals surface area contributed by atoms with Crippen molar-refractivity contribution in [1.82, 2.24) is 0 Å². The lowest BCUT2D eigenvalue weighted by Gasteiger charge is -2.05. The molecule has 0 aliphatic rings. The third-order valence-corrected chi connectivity index (χ3v) is 2.90. The first-order valence-corrected chi connectivity index (χ1v) is 6.31. The van der Waals surface area contributed by atoms with Gasteiger partial charge in [0, 0.05) is 5.75 Å². The summed E-state index contributed by atoms with van der Waals surface area (Å²) in [6, 6.07) is 8.36. The molecule has 0 unspecified atom stereocenters. The van der Waals surface area contributed by atoms with Crippen molar-refractivity contribution in [1.29, 1.82) is 0 Å². The minimum Gasteiger partial charge on any atom is -0.493 e. The van der Waals surface area contributed by atoms with Crippen LogP contribution in [0.15, 0.2) is 24.3 Å². The summed E-state index contributed by atoms with van der Waals surface area (Å²) in [5.74, 6) is 3.23. The number of ether oxygens (including phenoxy) is 1. The van der Waals surface area contributed by atoms with Gasteiger partial charge in [0.05, 0.1) is 6.61 Å². The Morgan fingerprint density at radius 2 is 1.86 bits per heavy atom. The Bertz CT molecular complexity index is 243. The average molecular weight is 210 g/mol. The summed E-state index contributed by atoms with van der Waals surface area (Å²) in [4.78, 5) is 0. The smallest absolute Gasteiger partial charge is 0.119 e. The molecule has 0 amide bonds. The fourth-order valence-electron chi connectivity index (χ4n) is 1.18. The molecule has 0 spiro atoms. The molecule has 2 heteroatoms. The number of aryl methyl sites for hydroxylation is 1. The first kappa shape index (κ1) is 11.4. The Balaban J connectivity index is 2.29. The van der Waals surface area contributed by atoms with Gasteiger partial charge in [0.1, 0.15) is 5.75 Å². The summed E-state index contributed by atoms with van der Waals surface area (Å²) < 4.78 is 5.59. The third-order valence-electron chi connectivity index (χ3n) is 2.03. The van der Waals surface area contributed by atoms with E-state index in [4.69, 9.17) is 4.74 Å². The van der Waals surface area contributed by atoms with E-state index in [9.17, 15) is 0 Å². The SMILES string of the molecule is CCSCCOc1ccc(CC)cc1. The monoisotopic (exact) mass is 210 g/mol. The Hall–Kier alpha value is -0.630. The number of rotatable bonds is 6. The van der Waals surface area contributed by atoms with E-state index in [1.54, 1.807) is 0 Å². The highest BCUT2D eigenvalue weighted by Crippen LogP contribution is 2.12. The second-order valence-electron chi connectivity index (χ2n) is 3.04. The van der Waals surface area contributed by atoms with E-state index in [1.807, 2.05) is 11.8 Å². The lowest BCUT2D eigenvalue weighted by atomic mass is 10.2. The zero-order valence-electron chi connectivity index (χ0n) is 8.95. The van der Waals surface area contributed by atoms with Gasteiger partial charge in [-0.1, -0.05) is 26.0 Å². The van der Waals surface area contributed by atoms with Gasteiger partial charge in [-0.2, -0.15) is 11.8 Å². The van der Waals surface area contributed by atoms with Crippen LogP contribution < -0.4 is 4.74 Å². The molecule has 1 nitrogen and oxygen atoms in total. The summed E-state index contributed by atoms with van der Waals surface area (Å²) in [5.41, 5.74) is 1.36. The largest absolute Gasteiger partial charge is 0.493 e. The van der Waals surface area contributed by atoms with Crippen molar-refractivity contribution < 1.29 is 4.74 Å². The normalized spacial score (nSPS) is 10.1.